The van der Waals surface area contributed by atoms with Crippen molar-refractivity contribution in [2.45, 2.75) is 32.0 Å². The summed E-state index contributed by atoms with van der Waals surface area (Å²) in [6.07, 6.45) is 0.904. The van der Waals surface area contributed by atoms with Gasteiger partial charge in [0.15, 0.2) is 11.6 Å². The molecule has 0 atom stereocenters. The number of hydrogen-bond donors (Lipinski definition) is 1. The molecule has 2 rings (SSSR count). The van der Waals surface area contributed by atoms with E-state index in [0.717, 1.165) is 0 Å². The van der Waals surface area contributed by atoms with Gasteiger partial charge in [-0.15, -0.1) is 0 Å². The van der Waals surface area contributed by atoms with Crippen LogP contribution in [0.15, 0.2) is 24.3 Å². The minimum atomic E-state index is -0.607. The second-order valence-corrected chi connectivity index (χ2v) is 5.80. The minimum Gasteiger partial charge on any atom is -0.356 e. The maximum atomic E-state index is 12.0. The molecule has 1 fully saturated rings. The van der Waals surface area contributed by atoms with Crippen LogP contribution in [0.3, 0.4) is 0 Å². The fourth-order valence-corrected chi connectivity index (χ4v) is 2.44. The molecule has 1 amide bonds. The zero-order valence-corrected chi connectivity index (χ0v) is 13.3. The van der Waals surface area contributed by atoms with E-state index in [4.69, 9.17) is 21.1 Å². The van der Waals surface area contributed by atoms with E-state index in [1.54, 1.807) is 24.3 Å². The average Bonchev–Trinajstić information content (AvgIpc) is 2.91. The number of hydrogen-bond acceptors (Lipinski definition) is 4. The van der Waals surface area contributed by atoms with Gasteiger partial charge in [-0.05, 0) is 19.1 Å². The van der Waals surface area contributed by atoms with E-state index in [-0.39, 0.29) is 24.5 Å². The molecule has 120 valence electrons. The van der Waals surface area contributed by atoms with Crippen molar-refractivity contribution in [1.82, 2.24) is 5.32 Å². The van der Waals surface area contributed by atoms with Crippen LogP contribution in [0.1, 0.15) is 36.5 Å². The van der Waals surface area contributed by atoms with Crippen molar-refractivity contribution < 1.29 is 19.1 Å². The molecule has 0 saturated carbocycles. The minimum absolute atomic E-state index is 0.0907. The van der Waals surface area contributed by atoms with Crippen molar-refractivity contribution in [1.29, 1.82) is 0 Å². The van der Waals surface area contributed by atoms with Crippen molar-refractivity contribution in [2.24, 2.45) is 0 Å². The van der Waals surface area contributed by atoms with Crippen molar-refractivity contribution >= 4 is 23.3 Å². The van der Waals surface area contributed by atoms with Crippen LogP contribution >= 0.6 is 11.6 Å². The SMILES string of the molecule is CC1(CCNC(=O)CCC(=O)c2cccc(Cl)c2)OCCO1. The molecule has 1 saturated heterocycles. The molecule has 0 bridgehead atoms. The highest BCUT2D eigenvalue weighted by atomic mass is 35.5. The summed E-state index contributed by atoms with van der Waals surface area (Å²) in [7, 11) is 0. The second kappa shape index (κ2) is 7.72. The Hall–Kier alpha value is -1.43. The van der Waals surface area contributed by atoms with Gasteiger partial charge in [0.05, 0.1) is 13.2 Å². The van der Waals surface area contributed by atoms with Gasteiger partial charge in [0.25, 0.3) is 0 Å². The molecule has 0 spiro atoms. The summed E-state index contributed by atoms with van der Waals surface area (Å²) >= 11 is 5.84. The number of rotatable bonds is 7. The zero-order chi connectivity index (χ0) is 16.0. The van der Waals surface area contributed by atoms with E-state index in [1.165, 1.54) is 0 Å². The Morgan fingerprint density at radius 3 is 2.68 bits per heavy atom. The van der Waals surface area contributed by atoms with Gasteiger partial charge in [-0.1, -0.05) is 23.7 Å². The molecule has 0 aromatic heterocycles. The molecular formula is C16H20ClNO4. The molecule has 5 nitrogen and oxygen atoms in total. The first kappa shape index (κ1) is 16.9. The lowest BCUT2D eigenvalue weighted by Gasteiger charge is -2.22. The molecule has 0 radical (unpaired) electrons. The number of amides is 1. The first-order valence-electron chi connectivity index (χ1n) is 7.32. The number of ether oxygens (including phenoxy) is 2. The van der Waals surface area contributed by atoms with E-state index in [0.29, 0.717) is 36.8 Å². The zero-order valence-electron chi connectivity index (χ0n) is 12.6. The summed E-state index contributed by atoms with van der Waals surface area (Å²) in [5.41, 5.74) is 0.528. The fourth-order valence-electron chi connectivity index (χ4n) is 2.25. The smallest absolute Gasteiger partial charge is 0.220 e. The first-order valence-corrected chi connectivity index (χ1v) is 7.70. The van der Waals surface area contributed by atoms with Gasteiger partial charge in [-0.2, -0.15) is 0 Å². The van der Waals surface area contributed by atoms with Crippen LogP contribution in [0.4, 0.5) is 0 Å². The highest BCUT2D eigenvalue weighted by molar-refractivity contribution is 6.31. The Morgan fingerprint density at radius 1 is 1.27 bits per heavy atom. The van der Waals surface area contributed by atoms with Gasteiger partial charge in [0.2, 0.25) is 5.91 Å². The molecule has 0 unspecified atom stereocenters. The molecule has 1 aromatic carbocycles. The number of ketones is 1. The summed E-state index contributed by atoms with van der Waals surface area (Å²) < 4.78 is 10.9. The molecule has 1 aromatic rings. The summed E-state index contributed by atoms with van der Waals surface area (Å²) in [4.78, 5) is 23.7. The van der Waals surface area contributed by atoms with E-state index >= 15 is 0 Å². The Balaban J connectivity index is 1.68. The summed E-state index contributed by atoms with van der Waals surface area (Å²) in [6, 6.07) is 6.73. The van der Waals surface area contributed by atoms with Gasteiger partial charge in [0, 0.05) is 36.4 Å². The molecule has 1 aliphatic heterocycles. The number of benzene rings is 1. The molecule has 1 N–H and O–H groups in total. The van der Waals surface area contributed by atoms with Gasteiger partial charge < -0.3 is 14.8 Å². The van der Waals surface area contributed by atoms with Crippen molar-refractivity contribution in [3.05, 3.63) is 34.9 Å². The van der Waals surface area contributed by atoms with E-state index in [1.807, 2.05) is 6.92 Å². The normalized spacial score (nSPS) is 16.5. The number of Topliss-reactive ketones (excluding diaryl/α,β-unsaturated/α-hetero) is 1. The second-order valence-electron chi connectivity index (χ2n) is 5.36. The third-order valence-electron chi connectivity index (χ3n) is 3.53. The number of carbonyl (C=O) groups is 2. The predicted molar refractivity (Wildman–Crippen MR) is 83.0 cm³/mol. The highest BCUT2D eigenvalue weighted by Gasteiger charge is 2.30. The Labute approximate surface area is 134 Å². The lowest BCUT2D eigenvalue weighted by atomic mass is 10.1. The van der Waals surface area contributed by atoms with Crippen LogP contribution in [-0.2, 0) is 14.3 Å². The molecule has 0 aliphatic carbocycles. The van der Waals surface area contributed by atoms with Crippen LogP contribution in [0.25, 0.3) is 0 Å². The summed E-state index contributed by atoms with van der Waals surface area (Å²) in [6.45, 7) is 3.48. The maximum Gasteiger partial charge on any atom is 0.220 e. The van der Waals surface area contributed by atoms with Crippen LogP contribution in [0, 0.1) is 0 Å². The van der Waals surface area contributed by atoms with Crippen LogP contribution < -0.4 is 5.32 Å². The van der Waals surface area contributed by atoms with Crippen molar-refractivity contribution in [3.63, 3.8) is 0 Å². The average molecular weight is 326 g/mol. The third-order valence-corrected chi connectivity index (χ3v) is 3.76. The highest BCUT2D eigenvalue weighted by Crippen LogP contribution is 2.21. The standard InChI is InChI=1S/C16H20ClNO4/c1-16(21-9-10-22-16)7-8-18-15(20)6-5-14(19)12-3-2-4-13(17)11-12/h2-4,11H,5-10H2,1H3,(H,18,20). The molecule has 6 heteroatoms. The monoisotopic (exact) mass is 325 g/mol. The number of carbonyl (C=O) groups excluding carboxylic acids is 2. The van der Waals surface area contributed by atoms with Gasteiger partial charge >= 0.3 is 0 Å². The Morgan fingerprint density at radius 2 is 2.00 bits per heavy atom. The largest absolute Gasteiger partial charge is 0.356 e. The van der Waals surface area contributed by atoms with Gasteiger partial charge in [-0.3, -0.25) is 9.59 Å². The van der Waals surface area contributed by atoms with E-state index < -0.39 is 5.79 Å². The number of halogens is 1. The first-order chi connectivity index (χ1) is 10.5. The fraction of sp³-hybridized carbons (Fsp3) is 0.500. The van der Waals surface area contributed by atoms with E-state index in [2.05, 4.69) is 5.32 Å². The third kappa shape index (κ3) is 5.09. The number of nitrogens with one attached hydrogen (secondary N) is 1. The molecule has 22 heavy (non-hydrogen) atoms. The van der Waals surface area contributed by atoms with E-state index in [9.17, 15) is 9.59 Å². The Bertz CT molecular complexity index is 541. The molecule has 1 aliphatic rings. The van der Waals surface area contributed by atoms with Crippen molar-refractivity contribution in [3.8, 4) is 0 Å². The quantitative estimate of drug-likeness (QED) is 0.783. The van der Waals surface area contributed by atoms with Crippen molar-refractivity contribution in [2.75, 3.05) is 19.8 Å². The lowest BCUT2D eigenvalue weighted by Crippen LogP contribution is -2.33. The van der Waals surface area contributed by atoms with Crippen LogP contribution in [0.2, 0.25) is 5.02 Å². The Kier molecular flexibility index (Phi) is 5.94. The summed E-state index contributed by atoms with van der Waals surface area (Å²) in [5.74, 6) is -0.854. The summed E-state index contributed by atoms with van der Waals surface area (Å²) in [5, 5.41) is 3.29. The molecule has 1 heterocycles. The maximum absolute atomic E-state index is 12.0. The lowest BCUT2D eigenvalue weighted by molar-refractivity contribution is -0.146. The van der Waals surface area contributed by atoms with Crippen LogP contribution in [-0.4, -0.2) is 37.2 Å². The van der Waals surface area contributed by atoms with Crippen LogP contribution in [0.5, 0.6) is 0 Å². The molecular weight excluding hydrogens is 306 g/mol. The predicted octanol–water partition coefficient (Wildman–Crippen LogP) is 2.57. The van der Waals surface area contributed by atoms with Gasteiger partial charge in [-0.25, -0.2) is 0 Å². The van der Waals surface area contributed by atoms with Gasteiger partial charge in [0.1, 0.15) is 0 Å². The topological polar surface area (TPSA) is 64.6 Å².